The van der Waals surface area contributed by atoms with Crippen molar-refractivity contribution in [3.8, 4) is 18.5 Å². The molecule has 0 saturated carbocycles. The predicted molar refractivity (Wildman–Crippen MR) is 49.6 cm³/mol. The lowest BCUT2D eigenvalue weighted by Crippen LogP contribution is -2.69. The molecule has 0 aromatic rings. The normalized spacial score (nSPS) is 25.6. The molecule has 10 heteroatoms. The minimum absolute atomic E-state index is 0.0110. The fourth-order valence-corrected chi connectivity index (χ4v) is 1.54. The number of fused-ring (bicyclic) bond motifs is 1. The summed E-state index contributed by atoms with van der Waals surface area (Å²) in [5.41, 5.74) is -2.31. The zero-order chi connectivity index (χ0) is 13.5. The van der Waals surface area contributed by atoms with Gasteiger partial charge in [-0.3, -0.25) is 4.79 Å². The predicted octanol–water partition coefficient (Wildman–Crippen LogP) is -1.40. The van der Waals surface area contributed by atoms with Crippen LogP contribution < -0.4 is 5.32 Å². The number of carbonyl (C=O) groups excluding carboxylic acids is 3. The second kappa shape index (κ2) is 3.27. The number of urea groups is 2. The van der Waals surface area contributed by atoms with Crippen LogP contribution in [-0.4, -0.2) is 39.1 Å². The molecule has 0 aromatic heterocycles. The molecule has 1 atom stereocenters. The Labute approximate surface area is 98.9 Å². The van der Waals surface area contributed by atoms with E-state index in [9.17, 15) is 14.4 Å². The van der Waals surface area contributed by atoms with Crippen LogP contribution in [0.4, 0.5) is 9.59 Å². The number of nitriles is 3. The van der Waals surface area contributed by atoms with E-state index in [-0.39, 0.29) is 9.80 Å². The Morgan fingerprint density at radius 3 is 2.22 bits per heavy atom. The number of hydrogen-bond acceptors (Lipinski definition) is 6. The summed E-state index contributed by atoms with van der Waals surface area (Å²) in [5.74, 6) is -1.91. The van der Waals surface area contributed by atoms with Crippen molar-refractivity contribution in [2.45, 2.75) is 5.54 Å². The summed E-state index contributed by atoms with van der Waals surface area (Å²) in [7, 11) is 0. The second-order valence-electron chi connectivity index (χ2n) is 3.19. The molecule has 0 bridgehead atoms. The van der Waals surface area contributed by atoms with Crippen LogP contribution in [0.1, 0.15) is 0 Å². The van der Waals surface area contributed by atoms with Gasteiger partial charge in [0, 0.05) is 0 Å². The van der Waals surface area contributed by atoms with Gasteiger partial charge in [0.05, 0.1) is 0 Å². The van der Waals surface area contributed by atoms with Crippen LogP contribution >= 0.6 is 0 Å². The Morgan fingerprint density at radius 2 is 1.72 bits per heavy atom. The van der Waals surface area contributed by atoms with E-state index in [1.807, 2.05) is 5.32 Å². The highest BCUT2D eigenvalue weighted by Gasteiger charge is 2.61. The molecule has 18 heavy (non-hydrogen) atoms. The third-order valence-electron chi connectivity index (χ3n) is 2.32. The molecule has 2 aliphatic rings. The lowest BCUT2D eigenvalue weighted by molar-refractivity contribution is -0.129. The van der Waals surface area contributed by atoms with Crippen molar-refractivity contribution < 1.29 is 14.4 Å². The van der Waals surface area contributed by atoms with E-state index in [0.717, 1.165) is 0 Å². The Morgan fingerprint density at radius 1 is 1.11 bits per heavy atom. The van der Waals surface area contributed by atoms with Gasteiger partial charge in [0.2, 0.25) is 0 Å². The maximum Gasteiger partial charge on any atom is 0.359 e. The minimum atomic E-state index is -2.31. The Kier molecular flexibility index (Phi) is 2.01. The van der Waals surface area contributed by atoms with E-state index < -0.39 is 29.3 Å². The Balaban J connectivity index is 2.70. The van der Waals surface area contributed by atoms with Crippen LogP contribution in [0.25, 0.3) is 0 Å². The topological polar surface area (TPSA) is 153 Å². The highest BCUT2D eigenvalue weighted by Crippen LogP contribution is 2.25. The monoisotopic (exact) mass is 243 g/mol. The fourth-order valence-electron chi connectivity index (χ4n) is 1.54. The molecule has 5 amide bonds. The quantitative estimate of drug-likeness (QED) is 0.516. The van der Waals surface area contributed by atoms with E-state index in [1.165, 1.54) is 18.5 Å². The molecule has 0 aromatic carbocycles. The molecule has 2 aliphatic heterocycles. The standard InChI is InChI=1S/C8HN7O3/c9-1-8-4(12-6(17)13-8)14(2-10)7(18)15(3-11)5(8)16/h(H,13,17). The van der Waals surface area contributed by atoms with Crippen molar-refractivity contribution in [1.29, 1.82) is 15.8 Å². The summed E-state index contributed by atoms with van der Waals surface area (Å²) in [5, 5.41) is 28.4. The summed E-state index contributed by atoms with van der Waals surface area (Å²) in [4.78, 5) is 38.0. The molecule has 2 rings (SSSR count). The van der Waals surface area contributed by atoms with Gasteiger partial charge in [-0.2, -0.15) is 30.6 Å². The van der Waals surface area contributed by atoms with Gasteiger partial charge in [-0.25, -0.2) is 9.59 Å². The molecule has 0 aliphatic carbocycles. The molecule has 86 valence electrons. The summed E-state index contributed by atoms with van der Waals surface area (Å²) >= 11 is 0. The van der Waals surface area contributed by atoms with Gasteiger partial charge in [0.1, 0.15) is 6.07 Å². The molecule has 1 saturated heterocycles. The maximum atomic E-state index is 11.8. The smallest absolute Gasteiger partial charge is 0.303 e. The first-order valence-corrected chi connectivity index (χ1v) is 4.32. The molecular weight excluding hydrogens is 242 g/mol. The van der Waals surface area contributed by atoms with Crippen molar-refractivity contribution in [3.63, 3.8) is 0 Å². The zero-order valence-electron chi connectivity index (χ0n) is 8.41. The van der Waals surface area contributed by atoms with Crippen molar-refractivity contribution >= 4 is 23.8 Å². The van der Waals surface area contributed by atoms with E-state index >= 15 is 0 Å². The first kappa shape index (κ1) is 11.0. The highest BCUT2D eigenvalue weighted by molar-refractivity contribution is 6.32. The zero-order valence-corrected chi connectivity index (χ0v) is 8.41. The van der Waals surface area contributed by atoms with Gasteiger partial charge in [-0.15, -0.1) is 0 Å². The maximum absolute atomic E-state index is 11.8. The SMILES string of the molecule is N#CN1C(=O)N(C#N)C2=NC(=O)NC2(C#N)C1=O. The summed E-state index contributed by atoms with van der Waals surface area (Å²) in [6, 6.07) is -0.876. The first-order valence-electron chi connectivity index (χ1n) is 4.32. The van der Waals surface area contributed by atoms with Crippen molar-refractivity contribution in [2.24, 2.45) is 4.99 Å². The number of aliphatic imine (C=N–C) groups is 1. The van der Waals surface area contributed by atoms with Crippen LogP contribution in [0, 0.1) is 34.2 Å². The van der Waals surface area contributed by atoms with E-state index in [4.69, 9.17) is 15.8 Å². The third-order valence-corrected chi connectivity index (χ3v) is 2.32. The average molecular weight is 243 g/mol. The minimum Gasteiger partial charge on any atom is -0.303 e. The van der Waals surface area contributed by atoms with Crippen molar-refractivity contribution in [1.82, 2.24) is 15.1 Å². The molecule has 0 radical (unpaired) electrons. The number of amides is 5. The lowest BCUT2D eigenvalue weighted by atomic mass is 9.96. The lowest BCUT2D eigenvalue weighted by Gasteiger charge is -2.32. The molecule has 2 heterocycles. The van der Waals surface area contributed by atoms with Crippen LogP contribution in [0.3, 0.4) is 0 Å². The number of imide groups is 1. The van der Waals surface area contributed by atoms with Gasteiger partial charge in [0.25, 0.3) is 11.4 Å². The van der Waals surface area contributed by atoms with Gasteiger partial charge >= 0.3 is 12.1 Å². The molecule has 10 nitrogen and oxygen atoms in total. The van der Waals surface area contributed by atoms with Gasteiger partial charge < -0.3 is 5.32 Å². The number of nitrogens with zero attached hydrogens (tertiary/aromatic N) is 6. The summed E-state index contributed by atoms with van der Waals surface area (Å²) < 4.78 is 0. The fraction of sp³-hybridized carbons (Fsp3) is 0.125. The van der Waals surface area contributed by atoms with Gasteiger partial charge in [-0.05, 0) is 0 Å². The molecule has 0 spiro atoms. The summed E-state index contributed by atoms with van der Waals surface area (Å²) in [6.45, 7) is 0. The average Bonchev–Trinajstić information content (AvgIpc) is 2.69. The van der Waals surface area contributed by atoms with Crippen LogP contribution in [0.2, 0.25) is 0 Å². The van der Waals surface area contributed by atoms with Crippen molar-refractivity contribution in [2.75, 3.05) is 0 Å². The largest absolute Gasteiger partial charge is 0.359 e. The van der Waals surface area contributed by atoms with E-state index in [2.05, 4.69) is 4.99 Å². The van der Waals surface area contributed by atoms with E-state index in [0.29, 0.717) is 0 Å². The Hall–Kier alpha value is -3.45. The second-order valence-corrected chi connectivity index (χ2v) is 3.19. The number of hydrogen-bond donors (Lipinski definition) is 1. The Bertz CT molecular complexity index is 645. The molecule has 1 unspecified atom stereocenters. The number of nitrogens with one attached hydrogen (secondary N) is 1. The first-order chi connectivity index (χ1) is 8.51. The van der Waals surface area contributed by atoms with Crippen molar-refractivity contribution in [3.05, 3.63) is 0 Å². The van der Waals surface area contributed by atoms with Gasteiger partial charge in [0.15, 0.2) is 18.2 Å². The van der Waals surface area contributed by atoms with Crippen LogP contribution in [-0.2, 0) is 4.79 Å². The van der Waals surface area contributed by atoms with Crippen LogP contribution in [0.15, 0.2) is 4.99 Å². The van der Waals surface area contributed by atoms with E-state index in [1.54, 1.807) is 0 Å². The number of carbonyl (C=O) groups is 3. The van der Waals surface area contributed by atoms with Crippen LogP contribution in [0.5, 0.6) is 0 Å². The third kappa shape index (κ3) is 1.02. The highest BCUT2D eigenvalue weighted by atomic mass is 16.2. The molecular formula is C8HN7O3. The number of amidine groups is 1. The summed E-state index contributed by atoms with van der Waals surface area (Å²) in [6.07, 6.45) is 2.59. The van der Waals surface area contributed by atoms with Gasteiger partial charge in [-0.1, -0.05) is 0 Å². The molecule has 1 N–H and O–H groups in total. The number of rotatable bonds is 0. The molecule has 1 fully saturated rings.